The van der Waals surface area contributed by atoms with Gasteiger partial charge in [0.2, 0.25) is 0 Å². The Hall–Kier alpha value is -2.37. The molecule has 1 N–H and O–H groups in total. The van der Waals surface area contributed by atoms with Gasteiger partial charge in [-0.25, -0.2) is 0 Å². The molecule has 0 aromatic heterocycles. The minimum atomic E-state index is -0.0147. The number of aryl methyl sites for hydroxylation is 1. The van der Waals surface area contributed by atoms with Crippen molar-refractivity contribution in [3.63, 3.8) is 0 Å². The Bertz CT molecular complexity index is 828. The number of hydrogen-bond donors (Lipinski definition) is 1. The number of morpholine rings is 1. The molecule has 4 rings (SSSR count). The maximum absolute atomic E-state index is 12.6. The van der Waals surface area contributed by atoms with Crippen LogP contribution in [0.2, 0.25) is 0 Å². The first-order valence-electron chi connectivity index (χ1n) is 10.1. The second-order valence-corrected chi connectivity index (χ2v) is 7.80. The zero-order valence-corrected chi connectivity index (χ0v) is 16.8. The van der Waals surface area contributed by atoms with E-state index in [-0.39, 0.29) is 11.9 Å². The van der Waals surface area contributed by atoms with Crippen LogP contribution in [0.15, 0.2) is 42.5 Å². The third-order valence-electron chi connectivity index (χ3n) is 5.87. The molecule has 0 aliphatic carbocycles. The first-order chi connectivity index (χ1) is 13.6. The average molecular weight is 380 g/mol. The van der Waals surface area contributed by atoms with Crippen LogP contribution >= 0.6 is 0 Å². The molecular formula is C23H29N3O2. The summed E-state index contributed by atoms with van der Waals surface area (Å²) in [7, 11) is 2.15. The number of amides is 1. The number of likely N-dealkylation sites (N-methyl/N-ethyl adjacent to an activating group) is 1. The van der Waals surface area contributed by atoms with E-state index in [0.29, 0.717) is 12.1 Å². The highest BCUT2D eigenvalue weighted by Crippen LogP contribution is 2.31. The van der Waals surface area contributed by atoms with Gasteiger partial charge < -0.3 is 15.0 Å². The molecule has 1 atom stereocenters. The first kappa shape index (κ1) is 19.0. The van der Waals surface area contributed by atoms with Crippen molar-refractivity contribution >= 4 is 11.6 Å². The predicted octanol–water partition coefficient (Wildman–Crippen LogP) is 2.79. The third kappa shape index (κ3) is 4.05. The maximum atomic E-state index is 12.6. The molecule has 0 bridgehead atoms. The quantitative estimate of drug-likeness (QED) is 0.868. The van der Waals surface area contributed by atoms with Crippen molar-refractivity contribution in [1.82, 2.24) is 10.2 Å². The molecule has 5 heteroatoms. The molecule has 0 spiro atoms. The second kappa shape index (κ2) is 8.33. The van der Waals surface area contributed by atoms with Crippen LogP contribution in [0.3, 0.4) is 0 Å². The Morgan fingerprint density at radius 3 is 2.61 bits per heavy atom. The van der Waals surface area contributed by atoms with Gasteiger partial charge in [-0.1, -0.05) is 29.8 Å². The monoisotopic (exact) mass is 379 g/mol. The molecule has 0 unspecified atom stereocenters. The fourth-order valence-corrected chi connectivity index (χ4v) is 4.14. The Morgan fingerprint density at radius 1 is 1.11 bits per heavy atom. The van der Waals surface area contributed by atoms with E-state index in [1.165, 1.54) is 16.8 Å². The van der Waals surface area contributed by atoms with Gasteiger partial charge in [0.15, 0.2) is 0 Å². The first-order valence-corrected chi connectivity index (χ1v) is 10.1. The summed E-state index contributed by atoms with van der Waals surface area (Å²) in [5.74, 6) is -0.0147. The summed E-state index contributed by atoms with van der Waals surface area (Å²) in [6.45, 7) is 6.98. The fraction of sp³-hybridized carbons (Fsp3) is 0.435. The van der Waals surface area contributed by atoms with Gasteiger partial charge in [-0.05, 0) is 42.7 Å². The number of hydrogen-bond acceptors (Lipinski definition) is 4. The summed E-state index contributed by atoms with van der Waals surface area (Å²) in [5, 5.41) is 3.16. The SMILES string of the molecule is Cc1ccc(C(=O)NC[C@H](c2ccc3c(c2)CCN3C)N2CCOCC2)cc1. The van der Waals surface area contributed by atoms with Crippen molar-refractivity contribution in [1.29, 1.82) is 0 Å². The number of ether oxygens (including phenoxy) is 1. The lowest BCUT2D eigenvalue weighted by molar-refractivity contribution is 0.0162. The maximum Gasteiger partial charge on any atom is 0.251 e. The van der Waals surface area contributed by atoms with E-state index in [1.54, 1.807) is 0 Å². The van der Waals surface area contributed by atoms with E-state index in [1.807, 2.05) is 31.2 Å². The van der Waals surface area contributed by atoms with Crippen LogP contribution < -0.4 is 10.2 Å². The lowest BCUT2D eigenvalue weighted by Gasteiger charge is -2.35. The van der Waals surface area contributed by atoms with Crippen LogP contribution in [0.5, 0.6) is 0 Å². The van der Waals surface area contributed by atoms with Crippen LogP contribution in [0.4, 0.5) is 5.69 Å². The number of fused-ring (bicyclic) bond motifs is 1. The number of anilines is 1. The van der Waals surface area contributed by atoms with Gasteiger partial charge in [-0.3, -0.25) is 9.69 Å². The van der Waals surface area contributed by atoms with Gasteiger partial charge >= 0.3 is 0 Å². The lowest BCUT2D eigenvalue weighted by Crippen LogP contribution is -2.43. The highest BCUT2D eigenvalue weighted by atomic mass is 16.5. The summed E-state index contributed by atoms with van der Waals surface area (Å²) in [5.41, 5.74) is 5.88. The highest BCUT2D eigenvalue weighted by molar-refractivity contribution is 5.94. The van der Waals surface area contributed by atoms with Crippen LogP contribution in [0, 0.1) is 6.92 Å². The van der Waals surface area contributed by atoms with E-state index < -0.39 is 0 Å². The van der Waals surface area contributed by atoms with Gasteiger partial charge in [0.1, 0.15) is 0 Å². The summed E-state index contributed by atoms with van der Waals surface area (Å²) < 4.78 is 5.54. The van der Waals surface area contributed by atoms with Crippen molar-refractivity contribution in [3.8, 4) is 0 Å². The number of nitrogens with one attached hydrogen (secondary N) is 1. The van der Waals surface area contributed by atoms with Crippen molar-refractivity contribution in [2.24, 2.45) is 0 Å². The van der Waals surface area contributed by atoms with E-state index in [9.17, 15) is 4.79 Å². The van der Waals surface area contributed by atoms with Crippen LogP contribution in [0.1, 0.15) is 33.1 Å². The van der Waals surface area contributed by atoms with Gasteiger partial charge in [0.25, 0.3) is 5.91 Å². The minimum absolute atomic E-state index is 0.0147. The minimum Gasteiger partial charge on any atom is -0.379 e. The van der Waals surface area contributed by atoms with E-state index in [0.717, 1.165) is 44.8 Å². The summed E-state index contributed by atoms with van der Waals surface area (Å²) in [6.07, 6.45) is 1.09. The molecule has 0 saturated carbocycles. The molecule has 2 aliphatic heterocycles. The number of carbonyl (C=O) groups excluding carboxylic acids is 1. The number of benzene rings is 2. The molecule has 2 aromatic rings. The molecule has 148 valence electrons. The topological polar surface area (TPSA) is 44.8 Å². The molecule has 28 heavy (non-hydrogen) atoms. The van der Waals surface area contributed by atoms with Crippen molar-refractivity contribution in [2.75, 3.05) is 51.3 Å². The number of nitrogens with zero attached hydrogens (tertiary/aromatic N) is 2. The van der Waals surface area contributed by atoms with Crippen molar-refractivity contribution in [2.45, 2.75) is 19.4 Å². The van der Waals surface area contributed by atoms with Crippen LogP contribution in [-0.4, -0.2) is 57.2 Å². The smallest absolute Gasteiger partial charge is 0.251 e. The van der Waals surface area contributed by atoms with E-state index >= 15 is 0 Å². The zero-order valence-electron chi connectivity index (χ0n) is 16.8. The third-order valence-corrected chi connectivity index (χ3v) is 5.87. The summed E-state index contributed by atoms with van der Waals surface area (Å²) in [6, 6.07) is 14.7. The molecular weight excluding hydrogens is 350 g/mol. The Morgan fingerprint density at radius 2 is 1.86 bits per heavy atom. The highest BCUT2D eigenvalue weighted by Gasteiger charge is 2.25. The zero-order chi connectivity index (χ0) is 19.5. The Kier molecular flexibility index (Phi) is 5.64. The fourth-order valence-electron chi connectivity index (χ4n) is 4.14. The normalized spacial score (nSPS) is 18.0. The van der Waals surface area contributed by atoms with E-state index in [4.69, 9.17) is 4.74 Å². The largest absolute Gasteiger partial charge is 0.379 e. The standard InChI is InChI=1S/C23H29N3O2/c1-17-3-5-18(6-4-17)23(27)24-16-22(26-11-13-28-14-12-26)19-7-8-21-20(15-19)9-10-25(21)2/h3-8,15,22H,9-14,16H2,1-2H3,(H,24,27)/t22-/m1/s1. The van der Waals surface area contributed by atoms with Crippen molar-refractivity contribution in [3.05, 3.63) is 64.7 Å². The van der Waals surface area contributed by atoms with Gasteiger partial charge in [0.05, 0.1) is 19.3 Å². The molecule has 0 radical (unpaired) electrons. The van der Waals surface area contributed by atoms with Crippen LogP contribution in [-0.2, 0) is 11.2 Å². The summed E-state index contributed by atoms with van der Waals surface area (Å²) >= 11 is 0. The molecule has 1 fully saturated rings. The molecule has 2 aliphatic rings. The second-order valence-electron chi connectivity index (χ2n) is 7.80. The van der Waals surface area contributed by atoms with Gasteiger partial charge in [0, 0.05) is 44.5 Å². The van der Waals surface area contributed by atoms with E-state index in [2.05, 4.69) is 40.4 Å². The molecule has 2 aromatic carbocycles. The Balaban J connectivity index is 1.52. The Labute approximate surface area is 167 Å². The van der Waals surface area contributed by atoms with Crippen molar-refractivity contribution < 1.29 is 9.53 Å². The molecule has 1 amide bonds. The predicted molar refractivity (Wildman–Crippen MR) is 112 cm³/mol. The lowest BCUT2D eigenvalue weighted by atomic mass is 10.00. The summed E-state index contributed by atoms with van der Waals surface area (Å²) in [4.78, 5) is 17.4. The molecule has 2 heterocycles. The molecule has 5 nitrogen and oxygen atoms in total. The number of carbonyl (C=O) groups is 1. The van der Waals surface area contributed by atoms with Gasteiger partial charge in [-0.15, -0.1) is 0 Å². The number of rotatable bonds is 5. The molecule has 1 saturated heterocycles. The average Bonchev–Trinajstić information content (AvgIpc) is 3.10. The van der Waals surface area contributed by atoms with Gasteiger partial charge in [-0.2, -0.15) is 0 Å². The van der Waals surface area contributed by atoms with Crippen LogP contribution in [0.25, 0.3) is 0 Å².